The Morgan fingerprint density at radius 1 is 1.36 bits per heavy atom. The summed E-state index contributed by atoms with van der Waals surface area (Å²) < 4.78 is 0. The maximum absolute atomic E-state index is 12.3. The third kappa shape index (κ3) is 3.28. The zero-order chi connectivity index (χ0) is 15.6. The van der Waals surface area contributed by atoms with Crippen molar-refractivity contribution in [1.82, 2.24) is 20.2 Å². The first-order chi connectivity index (χ1) is 10.6. The Balaban J connectivity index is 1.63. The molecule has 0 unspecified atom stereocenters. The Morgan fingerprint density at radius 2 is 2.14 bits per heavy atom. The molecular weight excluding hydrogens is 296 g/mol. The lowest BCUT2D eigenvalue weighted by atomic mass is 9.98. The molecule has 2 aromatic heterocycles. The zero-order valence-electron chi connectivity index (χ0n) is 13.1. The van der Waals surface area contributed by atoms with Crippen molar-refractivity contribution >= 4 is 27.6 Å². The van der Waals surface area contributed by atoms with Gasteiger partial charge in [0.1, 0.15) is 10.3 Å². The van der Waals surface area contributed by atoms with Crippen molar-refractivity contribution in [2.24, 2.45) is 0 Å². The quantitative estimate of drug-likeness (QED) is 0.941. The summed E-state index contributed by atoms with van der Waals surface area (Å²) >= 11 is 1.34. The first kappa shape index (κ1) is 15.4. The van der Waals surface area contributed by atoms with E-state index in [4.69, 9.17) is 0 Å². The predicted molar refractivity (Wildman–Crippen MR) is 89.3 cm³/mol. The number of fused-ring (bicyclic) bond motifs is 1. The first-order valence-corrected chi connectivity index (χ1v) is 8.63. The van der Waals surface area contributed by atoms with Gasteiger partial charge in [-0.3, -0.25) is 9.69 Å². The largest absolute Gasteiger partial charge is 0.348 e. The summed E-state index contributed by atoms with van der Waals surface area (Å²) in [5.41, 5.74) is 0.762. The minimum absolute atomic E-state index is 0.0228. The average Bonchev–Trinajstić information content (AvgIpc) is 2.98. The van der Waals surface area contributed by atoms with Crippen LogP contribution in [0.1, 0.15) is 42.9 Å². The topological polar surface area (TPSA) is 58.1 Å². The van der Waals surface area contributed by atoms with Gasteiger partial charge in [-0.05, 0) is 51.9 Å². The molecule has 1 amide bonds. The van der Waals surface area contributed by atoms with Crippen molar-refractivity contribution in [2.45, 2.75) is 38.6 Å². The average molecular weight is 318 g/mol. The van der Waals surface area contributed by atoms with Gasteiger partial charge in [0.05, 0.1) is 0 Å². The normalized spacial score (nSPS) is 16.8. The highest BCUT2D eigenvalue weighted by Gasteiger charge is 2.28. The molecule has 5 nitrogen and oxygen atoms in total. The van der Waals surface area contributed by atoms with Crippen LogP contribution in [-0.2, 0) is 0 Å². The van der Waals surface area contributed by atoms with Gasteiger partial charge in [0, 0.05) is 18.3 Å². The van der Waals surface area contributed by atoms with Gasteiger partial charge in [-0.1, -0.05) is 17.8 Å². The molecule has 0 atom stereocenters. The van der Waals surface area contributed by atoms with Crippen molar-refractivity contribution in [2.75, 3.05) is 19.6 Å². The fourth-order valence-corrected chi connectivity index (χ4v) is 3.67. The van der Waals surface area contributed by atoms with Gasteiger partial charge in [-0.2, -0.15) is 0 Å². The van der Waals surface area contributed by atoms with Gasteiger partial charge in [0.2, 0.25) is 0 Å². The predicted octanol–water partition coefficient (Wildman–Crippen LogP) is 2.69. The summed E-state index contributed by atoms with van der Waals surface area (Å²) in [6.45, 7) is 7.26. The lowest BCUT2D eigenvalue weighted by Gasteiger charge is -2.41. The van der Waals surface area contributed by atoms with Crippen LogP contribution in [0.15, 0.2) is 18.3 Å². The lowest BCUT2D eigenvalue weighted by Crippen LogP contribution is -2.53. The second-order valence-electron chi connectivity index (χ2n) is 6.39. The molecule has 6 heteroatoms. The van der Waals surface area contributed by atoms with E-state index in [0.717, 1.165) is 23.4 Å². The SMILES string of the molecule is CC(C)(CNC(=O)c1nc2cccnc2s1)N1CCCCC1. The van der Waals surface area contributed by atoms with Crippen LogP contribution in [0.3, 0.4) is 0 Å². The highest BCUT2D eigenvalue weighted by Crippen LogP contribution is 2.21. The van der Waals surface area contributed by atoms with Gasteiger partial charge in [0.25, 0.3) is 5.91 Å². The summed E-state index contributed by atoms with van der Waals surface area (Å²) in [5, 5.41) is 3.53. The van der Waals surface area contributed by atoms with Crippen LogP contribution in [0.4, 0.5) is 0 Å². The van der Waals surface area contributed by atoms with Gasteiger partial charge in [0.15, 0.2) is 5.01 Å². The Kier molecular flexibility index (Phi) is 4.40. The molecule has 1 aliphatic heterocycles. The molecular formula is C16H22N4OS. The van der Waals surface area contributed by atoms with Gasteiger partial charge < -0.3 is 5.32 Å². The van der Waals surface area contributed by atoms with Crippen molar-refractivity contribution in [1.29, 1.82) is 0 Å². The molecule has 1 N–H and O–H groups in total. The number of nitrogens with zero attached hydrogens (tertiary/aromatic N) is 3. The number of rotatable bonds is 4. The Labute approximate surface area is 134 Å². The number of carbonyl (C=O) groups is 1. The molecule has 0 saturated carbocycles. The smallest absolute Gasteiger partial charge is 0.280 e. The van der Waals surface area contributed by atoms with E-state index in [1.54, 1.807) is 6.20 Å². The number of nitrogens with one attached hydrogen (secondary N) is 1. The van der Waals surface area contributed by atoms with Gasteiger partial charge in [-0.15, -0.1) is 0 Å². The van der Waals surface area contributed by atoms with E-state index < -0.39 is 0 Å². The van der Waals surface area contributed by atoms with Crippen molar-refractivity contribution < 1.29 is 4.79 Å². The van der Waals surface area contributed by atoms with Crippen LogP contribution >= 0.6 is 11.3 Å². The maximum Gasteiger partial charge on any atom is 0.280 e. The van der Waals surface area contributed by atoms with E-state index in [2.05, 4.69) is 34.0 Å². The van der Waals surface area contributed by atoms with E-state index in [9.17, 15) is 4.79 Å². The van der Waals surface area contributed by atoms with Crippen LogP contribution in [0.5, 0.6) is 0 Å². The van der Waals surface area contributed by atoms with Crippen LogP contribution in [0.2, 0.25) is 0 Å². The van der Waals surface area contributed by atoms with Crippen molar-refractivity contribution in [3.8, 4) is 0 Å². The standard InChI is InChI=1S/C16H22N4OS/c1-16(2,20-9-4-3-5-10-20)11-18-13(21)15-19-12-7-6-8-17-14(12)22-15/h6-8H,3-5,9-11H2,1-2H3,(H,18,21). The molecule has 118 valence electrons. The number of pyridine rings is 1. The van der Waals surface area contributed by atoms with E-state index in [0.29, 0.717) is 11.6 Å². The number of likely N-dealkylation sites (tertiary alicyclic amines) is 1. The number of amides is 1. The third-order valence-corrected chi connectivity index (χ3v) is 5.23. The second-order valence-corrected chi connectivity index (χ2v) is 7.37. The maximum atomic E-state index is 12.3. The molecule has 0 radical (unpaired) electrons. The Hall–Kier alpha value is -1.53. The van der Waals surface area contributed by atoms with Crippen LogP contribution in [-0.4, -0.2) is 45.9 Å². The zero-order valence-corrected chi connectivity index (χ0v) is 13.9. The van der Waals surface area contributed by atoms with Crippen LogP contribution in [0, 0.1) is 0 Å². The second kappa shape index (κ2) is 6.30. The molecule has 0 aliphatic carbocycles. The molecule has 1 saturated heterocycles. The van der Waals surface area contributed by atoms with E-state index in [-0.39, 0.29) is 11.4 Å². The molecule has 1 fully saturated rings. The molecule has 3 heterocycles. The molecule has 2 aromatic rings. The summed E-state index contributed by atoms with van der Waals surface area (Å²) in [6.07, 6.45) is 5.54. The van der Waals surface area contributed by atoms with E-state index in [1.807, 2.05) is 12.1 Å². The molecule has 1 aliphatic rings. The number of piperidine rings is 1. The summed E-state index contributed by atoms with van der Waals surface area (Å²) in [6, 6.07) is 3.72. The Bertz CT molecular complexity index is 628. The number of carbonyl (C=O) groups excluding carboxylic acids is 1. The van der Waals surface area contributed by atoms with Gasteiger partial charge in [-0.25, -0.2) is 9.97 Å². The number of aromatic nitrogens is 2. The van der Waals surface area contributed by atoms with Crippen LogP contribution < -0.4 is 5.32 Å². The van der Waals surface area contributed by atoms with Crippen molar-refractivity contribution in [3.63, 3.8) is 0 Å². The molecule has 3 rings (SSSR count). The third-order valence-electron chi connectivity index (χ3n) is 4.25. The van der Waals surface area contributed by atoms with E-state index >= 15 is 0 Å². The minimum Gasteiger partial charge on any atom is -0.348 e. The van der Waals surface area contributed by atoms with Crippen molar-refractivity contribution in [3.05, 3.63) is 23.3 Å². The molecule has 0 aromatic carbocycles. The van der Waals surface area contributed by atoms with Crippen LogP contribution in [0.25, 0.3) is 10.3 Å². The summed E-state index contributed by atoms with van der Waals surface area (Å²) in [5.74, 6) is -0.104. The summed E-state index contributed by atoms with van der Waals surface area (Å²) in [7, 11) is 0. The summed E-state index contributed by atoms with van der Waals surface area (Å²) in [4.78, 5) is 24.2. The molecule has 22 heavy (non-hydrogen) atoms. The highest BCUT2D eigenvalue weighted by molar-refractivity contribution is 7.19. The number of hydrogen-bond donors (Lipinski definition) is 1. The van der Waals surface area contributed by atoms with E-state index in [1.165, 1.54) is 30.6 Å². The minimum atomic E-state index is -0.104. The fourth-order valence-electron chi connectivity index (χ4n) is 2.85. The Morgan fingerprint density at radius 3 is 2.86 bits per heavy atom. The molecule has 0 bridgehead atoms. The number of hydrogen-bond acceptors (Lipinski definition) is 5. The molecule has 0 spiro atoms. The first-order valence-electron chi connectivity index (χ1n) is 7.81. The van der Waals surface area contributed by atoms with Gasteiger partial charge >= 0.3 is 0 Å². The number of thiazole rings is 1. The highest BCUT2D eigenvalue weighted by atomic mass is 32.1. The monoisotopic (exact) mass is 318 g/mol. The lowest BCUT2D eigenvalue weighted by molar-refractivity contribution is 0.0797. The fraction of sp³-hybridized carbons (Fsp3) is 0.562.